The van der Waals surface area contributed by atoms with Crippen LogP contribution in [0, 0.1) is 5.82 Å². The van der Waals surface area contributed by atoms with Gasteiger partial charge in [-0.3, -0.25) is 0 Å². The minimum absolute atomic E-state index is 0.0187. The van der Waals surface area contributed by atoms with E-state index in [9.17, 15) is 17.6 Å². The zero-order valence-electron chi connectivity index (χ0n) is 10.2. The molecule has 2 N–H and O–H groups in total. The van der Waals surface area contributed by atoms with Crippen molar-refractivity contribution in [3.63, 3.8) is 0 Å². The summed E-state index contributed by atoms with van der Waals surface area (Å²) in [4.78, 5) is 3.95. The summed E-state index contributed by atoms with van der Waals surface area (Å²) in [7, 11) is 0. The highest BCUT2D eigenvalue weighted by Crippen LogP contribution is 2.33. The molecule has 0 aliphatic carbocycles. The Morgan fingerprint density at radius 3 is 2.65 bits per heavy atom. The van der Waals surface area contributed by atoms with Crippen molar-refractivity contribution in [3.05, 3.63) is 35.4 Å². The molecule has 8 heteroatoms. The van der Waals surface area contributed by atoms with Crippen LogP contribution in [0.1, 0.15) is 17.8 Å². The van der Waals surface area contributed by atoms with Crippen LogP contribution in [-0.2, 0) is 12.6 Å². The first-order chi connectivity index (χ1) is 9.41. The second-order valence-corrected chi connectivity index (χ2v) is 4.10. The van der Waals surface area contributed by atoms with Crippen LogP contribution < -0.4 is 5.73 Å². The number of nitrogens with zero attached hydrogens (tertiary/aromatic N) is 2. The molecule has 108 valence electrons. The van der Waals surface area contributed by atoms with Crippen LogP contribution in [0.15, 0.2) is 22.7 Å². The largest absolute Gasteiger partial charge is 0.419 e. The van der Waals surface area contributed by atoms with Gasteiger partial charge in [-0.1, -0.05) is 5.16 Å². The van der Waals surface area contributed by atoms with Gasteiger partial charge in [0.05, 0.1) is 5.56 Å². The van der Waals surface area contributed by atoms with Crippen LogP contribution in [0.4, 0.5) is 17.6 Å². The molecule has 0 atom stereocenters. The van der Waals surface area contributed by atoms with Crippen LogP contribution in [-0.4, -0.2) is 16.7 Å². The van der Waals surface area contributed by atoms with Crippen LogP contribution >= 0.6 is 0 Å². The Labute approximate surface area is 111 Å². The fraction of sp³-hybridized carbons (Fsp3) is 0.333. The molecule has 1 heterocycles. The quantitative estimate of drug-likeness (QED) is 0.879. The topological polar surface area (TPSA) is 64.9 Å². The van der Waals surface area contributed by atoms with E-state index in [0.717, 1.165) is 12.1 Å². The third-order valence-electron chi connectivity index (χ3n) is 2.59. The molecular formula is C12H11F4N3O. The lowest BCUT2D eigenvalue weighted by Gasteiger charge is -2.08. The van der Waals surface area contributed by atoms with E-state index in [1.54, 1.807) is 0 Å². The Balaban J connectivity index is 2.31. The van der Waals surface area contributed by atoms with E-state index in [4.69, 9.17) is 10.3 Å². The van der Waals surface area contributed by atoms with Crippen molar-refractivity contribution in [3.8, 4) is 11.5 Å². The molecule has 2 aromatic rings. The number of benzene rings is 1. The molecule has 0 unspecified atom stereocenters. The molecule has 0 bridgehead atoms. The lowest BCUT2D eigenvalue weighted by atomic mass is 10.1. The molecule has 1 aromatic heterocycles. The fourth-order valence-electron chi connectivity index (χ4n) is 1.61. The zero-order chi connectivity index (χ0) is 14.8. The van der Waals surface area contributed by atoms with E-state index in [1.807, 2.05) is 0 Å². The molecular weight excluding hydrogens is 278 g/mol. The van der Waals surface area contributed by atoms with Crippen LogP contribution in [0.2, 0.25) is 0 Å². The van der Waals surface area contributed by atoms with Crippen molar-refractivity contribution in [2.75, 3.05) is 6.54 Å². The number of rotatable bonds is 4. The van der Waals surface area contributed by atoms with E-state index in [1.165, 1.54) is 0 Å². The highest BCUT2D eigenvalue weighted by Gasteiger charge is 2.34. The standard InChI is InChI=1S/C12H11F4N3O/c13-9-4-3-7(6-8(9)12(14,15)16)11-18-10(19-20-11)2-1-5-17/h3-4,6H,1-2,5,17H2. The maximum Gasteiger partial charge on any atom is 0.419 e. The molecule has 0 saturated carbocycles. The third kappa shape index (κ3) is 3.13. The summed E-state index contributed by atoms with van der Waals surface area (Å²) in [5.41, 5.74) is 3.98. The monoisotopic (exact) mass is 289 g/mol. The van der Waals surface area contributed by atoms with Crippen molar-refractivity contribution in [2.45, 2.75) is 19.0 Å². The summed E-state index contributed by atoms with van der Waals surface area (Å²) in [6.07, 6.45) is -3.67. The van der Waals surface area contributed by atoms with Crippen molar-refractivity contribution in [1.82, 2.24) is 10.1 Å². The van der Waals surface area contributed by atoms with Crippen LogP contribution in [0.25, 0.3) is 11.5 Å². The minimum Gasteiger partial charge on any atom is -0.334 e. The lowest BCUT2D eigenvalue weighted by molar-refractivity contribution is -0.139. The van der Waals surface area contributed by atoms with Crippen molar-refractivity contribution < 1.29 is 22.1 Å². The van der Waals surface area contributed by atoms with Crippen LogP contribution in [0.3, 0.4) is 0 Å². The fourth-order valence-corrected chi connectivity index (χ4v) is 1.61. The Morgan fingerprint density at radius 1 is 1.25 bits per heavy atom. The number of aryl methyl sites for hydroxylation is 1. The molecule has 0 amide bonds. The van der Waals surface area contributed by atoms with Crippen LogP contribution in [0.5, 0.6) is 0 Å². The number of aromatic nitrogens is 2. The Kier molecular flexibility index (Phi) is 4.03. The Hall–Kier alpha value is -1.96. The molecule has 0 radical (unpaired) electrons. The molecule has 4 nitrogen and oxygen atoms in total. The molecule has 2 rings (SSSR count). The first-order valence-corrected chi connectivity index (χ1v) is 5.81. The highest BCUT2D eigenvalue weighted by atomic mass is 19.4. The lowest BCUT2D eigenvalue weighted by Crippen LogP contribution is -2.08. The summed E-state index contributed by atoms with van der Waals surface area (Å²) in [5.74, 6) is -1.07. The van der Waals surface area contributed by atoms with Crippen molar-refractivity contribution in [2.24, 2.45) is 5.73 Å². The van der Waals surface area contributed by atoms with Gasteiger partial charge in [0.15, 0.2) is 5.82 Å². The van der Waals surface area contributed by atoms with Gasteiger partial charge in [0, 0.05) is 12.0 Å². The first kappa shape index (κ1) is 14.4. The summed E-state index contributed by atoms with van der Waals surface area (Å²) in [6, 6.07) is 2.53. The first-order valence-electron chi connectivity index (χ1n) is 5.81. The van der Waals surface area contributed by atoms with Crippen molar-refractivity contribution in [1.29, 1.82) is 0 Å². The van der Waals surface area contributed by atoms with Gasteiger partial charge >= 0.3 is 6.18 Å². The van der Waals surface area contributed by atoms with E-state index < -0.39 is 17.6 Å². The van der Waals surface area contributed by atoms with E-state index >= 15 is 0 Å². The maximum atomic E-state index is 13.2. The molecule has 20 heavy (non-hydrogen) atoms. The molecule has 0 fully saturated rings. The summed E-state index contributed by atoms with van der Waals surface area (Å²) in [6.45, 7) is 0.443. The average molecular weight is 289 g/mol. The second-order valence-electron chi connectivity index (χ2n) is 4.10. The third-order valence-corrected chi connectivity index (χ3v) is 2.59. The van der Waals surface area contributed by atoms with Gasteiger partial charge < -0.3 is 10.3 Å². The molecule has 0 saturated heterocycles. The summed E-state index contributed by atoms with van der Waals surface area (Å²) < 4.78 is 55.8. The number of hydrogen-bond acceptors (Lipinski definition) is 4. The second kappa shape index (κ2) is 5.58. The summed E-state index contributed by atoms with van der Waals surface area (Å²) in [5, 5.41) is 3.63. The van der Waals surface area contributed by atoms with Gasteiger partial charge in [0.25, 0.3) is 5.89 Å². The van der Waals surface area contributed by atoms with Crippen molar-refractivity contribution >= 4 is 0 Å². The zero-order valence-corrected chi connectivity index (χ0v) is 10.2. The van der Waals surface area contributed by atoms with Gasteiger partial charge in [-0.15, -0.1) is 0 Å². The van der Waals surface area contributed by atoms with Gasteiger partial charge in [0.2, 0.25) is 0 Å². The molecule has 0 aliphatic rings. The van der Waals surface area contributed by atoms with Gasteiger partial charge in [-0.05, 0) is 31.2 Å². The number of hydrogen-bond donors (Lipinski definition) is 1. The van der Waals surface area contributed by atoms with E-state index in [2.05, 4.69) is 10.1 Å². The maximum absolute atomic E-state index is 13.2. The Morgan fingerprint density at radius 2 is 2.00 bits per heavy atom. The molecule has 0 spiro atoms. The predicted molar refractivity (Wildman–Crippen MR) is 62.1 cm³/mol. The molecule has 0 aliphatic heterocycles. The minimum atomic E-state index is -4.78. The van der Waals surface area contributed by atoms with Gasteiger partial charge in [-0.2, -0.15) is 18.2 Å². The SMILES string of the molecule is NCCCc1noc(-c2ccc(F)c(C(F)(F)F)c2)n1. The van der Waals surface area contributed by atoms with E-state index in [0.29, 0.717) is 31.3 Å². The summed E-state index contributed by atoms with van der Waals surface area (Å²) >= 11 is 0. The Bertz CT molecular complexity index is 595. The predicted octanol–water partition coefficient (Wildman–Crippen LogP) is 2.79. The average Bonchev–Trinajstić information content (AvgIpc) is 2.84. The number of alkyl halides is 3. The van der Waals surface area contributed by atoms with E-state index in [-0.39, 0.29) is 11.5 Å². The number of halogens is 4. The normalized spacial score (nSPS) is 11.8. The number of nitrogens with two attached hydrogens (primary N) is 1. The molecule has 1 aromatic carbocycles. The highest BCUT2D eigenvalue weighted by molar-refractivity contribution is 5.54. The smallest absolute Gasteiger partial charge is 0.334 e. The van der Waals surface area contributed by atoms with Gasteiger partial charge in [-0.25, -0.2) is 4.39 Å². The van der Waals surface area contributed by atoms with Gasteiger partial charge in [0.1, 0.15) is 5.82 Å².